The maximum atomic E-state index is 12.8. The van der Waals surface area contributed by atoms with Crippen molar-refractivity contribution in [1.82, 2.24) is 14.5 Å². The molecular formula is C18H17N3O2S. The van der Waals surface area contributed by atoms with Crippen molar-refractivity contribution in [3.05, 3.63) is 64.0 Å². The third-order valence-electron chi connectivity index (χ3n) is 4.26. The molecule has 6 heteroatoms. The molecule has 2 aromatic heterocycles. The van der Waals surface area contributed by atoms with Gasteiger partial charge in [0, 0.05) is 12.6 Å². The predicted molar refractivity (Wildman–Crippen MR) is 93.9 cm³/mol. The number of hydrogen-bond acceptors (Lipinski definition) is 4. The lowest BCUT2D eigenvalue weighted by molar-refractivity contribution is -0.133. The molecule has 1 fully saturated rings. The molecule has 122 valence electrons. The summed E-state index contributed by atoms with van der Waals surface area (Å²) in [5.74, 6) is -0.0279. The van der Waals surface area contributed by atoms with Gasteiger partial charge in [0.1, 0.15) is 11.4 Å². The first-order valence-electron chi connectivity index (χ1n) is 7.98. The fourth-order valence-corrected chi connectivity index (χ4v) is 3.55. The molecule has 0 aliphatic heterocycles. The first-order chi connectivity index (χ1) is 11.7. The lowest BCUT2D eigenvalue weighted by Gasteiger charge is -2.23. The summed E-state index contributed by atoms with van der Waals surface area (Å²) in [6, 6.07) is 12.0. The average Bonchev–Trinajstić information content (AvgIpc) is 3.32. The van der Waals surface area contributed by atoms with Crippen molar-refractivity contribution in [3.63, 3.8) is 0 Å². The second kappa shape index (κ2) is 6.20. The molecule has 0 radical (unpaired) electrons. The van der Waals surface area contributed by atoms with Crippen LogP contribution in [-0.2, 0) is 17.9 Å². The second-order valence-electron chi connectivity index (χ2n) is 6.06. The van der Waals surface area contributed by atoms with E-state index in [-0.39, 0.29) is 18.0 Å². The van der Waals surface area contributed by atoms with Gasteiger partial charge in [-0.05, 0) is 29.9 Å². The van der Waals surface area contributed by atoms with Gasteiger partial charge in [-0.25, -0.2) is 4.98 Å². The van der Waals surface area contributed by atoms with Gasteiger partial charge in [0.25, 0.3) is 5.56 Å². The van der Waals surface area contributed by atoms with Crippen molar-refractivity contribution in [2.45, 2.75) is 32.0 Å². The molecule has 0 saturated heterocycles. The van der Waals surface area contributed by atoms with Gasteiger partial charge in [-0.15, -0.1) is 11.3 Å². The van der Waals surface area contributed by atoms with Crippen molar-refractivity contribution < 1.29 is 4.79 Å². The molecule has 0 N–H and O–H groups in total. The van der Waals surface area contributed by atoms with Crippen LogP contribution in [0.25, 0.3) is 10.2 Å². The van der Waals surface area contributed by atoms with E-state index < -0.39 is 0 Å². The van der Waals surface area contributed by atoms with Gasteiger partial charge in [0.2, 0.25) is 5.91 Å². The molecular weight excluding hydrogens is 322 g/mol. The average molecular weight is 339 g/mol. The van der Waals surface area contributed by atoms with E-state index in [0.717, 1.165) is 18.4 Å². The monoisotopic (exact) mass is 339 g/mol. The van der Waals surface area contributed by atoms with Gasteiger partial charge in [-0.1, -0.05) is 30.3 Å². The van der Waals surface area contributed by atoms with E-state index in [2.05, 4.69) is 4.98 Å². The number of amides is 1. The topological polar surface area (TPSA) is 55.2 Å². The molecule has 0 atom stereocenters. The first kappa shape index (κ1) is 15.1. The SMILES string of the molecule is O=C(Cn1cnc2sccc2c1=O)N(Cc1ccccc1)C1CC1. The number of carbonyl (C=O) groups is 1. The molecule has 1 aliphatic carbocycles. The summed E-state index contributed by atoms with van der Waals surface area (Å²) < 4.78 is 1.41. The Morgan fingerprint density at radius 2 is 2.04 bits per heavy atom. The Morgan fingerprint density at radius 1 is 1.25 bits per heavy atom. The van der Waals surface area contributed by atoms with Crippen molar-refractivity contribution >= 4 is 27.5 Å². The molecule has 5 nitrogen and oxygen atoms in total. The normalized spacial score (nSPS) is 14.0. The van der Waals surface area contributed by atoms with Crippen LogP contribution in [0.4, 0.5) is 0 Å². The Morgan fingerprint density at radius 3 is 2.79 bits per heavy atom. The highest BCUT2D eigenvalue weighted by Gasteiger charge is 2.32. The first-order valence-corrected chi connectivity index (χ1v) is 8.86. The fraction of sp³-hybridized carbons (Fsp3) is 0.278. The van der Waals surface area contributed by atoms with E-state index in [1.54, 1.807) is 6.07 Å². The quantitative estimate of drug-likeness (QED) is 0.718. The number of hydrogen-bond donors (Lipinski definition) is 0. The van der Waals surface area contributed by atoms with Crippen LogP contribution >= 0.6 is 11.3 Å². The molecule has 4 rings (SSSR count). The smallest absolute Gasteiger partial charge is 0.262 e. The van der Waals surface area contributed by atoms with Gasteiger partial charge in [-0.3, -0.25) is 14.2 Å². The Balaban J connectivity index is 1.56. The highest BCUT2D eigenvalue weighted by molar-refractivity contribution is 7.16. The molecule has 1 aromatic carbocycles. The standard InChI is InChI=1S/C18H17N3O2S/c22-16(11-20-12-19-17-15(18(20)23)8-9-24-17)21(14-6-7-14)10-13-4-2-1-3-5-13/h1-5,8-9,12,14H,6-7,10-11H2. The van der Waals surface area contributed by atoms with Gasteiger partial charge < -0.3 is 4.90 Å². The van der Waals surface area contributed by atoms with Crippen LogP contribution in [0.3, 0.4) is 0 Å². The second-order valence-corrected chi connectivity index (χ2v) is 6.95. The van der Waals surface area contributed by atoms with E-state index in [1.165, 1.54) is 22.2 Å². The molecule has 24 heavy (non-hydrogen) atoms. The Labute approximate surface area is 143 Å². The Bertz CT molecular complexity index is 928. The Hall–Kier alpha value is -2.47. The number of thiophene rings is 1. The molecule has 0 bridgehead atoms. The molecule has 1 amide bonds. The minimum atomic E-state index is -0.148. The zero-order chi connectivity index (χ0) is 16.5. The zero-order valence-corrected chi connectivity index (χ0v) is 13.9. The summed E-state index contributed by atoms with van der Waals surface area (Å²) in [6.45, 7) is 0.633. The summed E-state index contributed by atoms with van der Waals surface area (Å²) in [5.41, 5.74) is 0.960. The van der Waals surface area contributed by atoms with Crippen LogP contribution in [0, 0.1) is 0 Å². The van der Waals surface area contributed by atoms with E-state index in [9.17, 15) is 9.59 Å². The lowest BCUT2D eigenvalue weighted by Crippen LogP contribution is -2.37. The van der Waals surface area contributed by atoms with E-state index in [4.69, 9.17) is 0 Å². The van der Waals surface area contributed by atoms with E-state index >= 15 is 0 Å². The van der Waals surface area contributed by atoms with Crippen LogP contribution in [0.5, 0.6) is 0 Å². The summed E-state index contributed by atoms with van der Waals surface area (Å²) in [7, 11) is 0. The minimum absolute atomic E-state index is 0.0279. The molecule has 3 aromatic rings. The molecule has 0 unspecified atom stereocenters. The molecule has 1 saturated carbocycles. The van der Waals surface area contributed by atoms with Crippen LogP contribution < -0.4 is 5.56 Å². The summed E-state index contributed by atoms with van der Waals surface area (Å²) >= 11 is 1.43. The van der Waals surface area contributed by atoms with Crippen LogP contribution in [0.2, 0.25) is 0 Å². The number of benzene rings is 1. The van der Waals surface area contributed by atoms with Crippen LogP contribution in [0.15, 0.2) is 52.9 Å². The fourth-order valence-electron chi connectivity index (χ4n) is 2.83. The highest BCUT2D eigenvalue weighted by Crippen LogP contribution is 2.28. The number of nitrogens with zero attached hydrogens (tertiary/aromatic N) is 3. The maximum Gasteiger partial charge on any atom is 0.262 e. The number of rotatable bonds is 5. The van der Waals surface area contributed by atoms with Crippen molar-refractivity contribution in [2.24, 2.45) is 0 Å². The van der Waals surface area contributed by atoms with Crippen molar-refractivity contribution in [1.29, 1.82) is 0 Å². The minimum Gasteiger partial charge on any atom is -0.334 e. The molecule has 2 heterocycles. The summed E-state index contributed by atoms with van der Waals surface area (Å²) in [6.07, 6.45) is 3.55. The van der Waals surface area contributed by atoms with Gasteiger partial charge in [0.05, 0.1) is 11.7 Å². The van der Waals surface area contributed by atoms with Crippen molar-refractivity contribution in [3.8, 4) is 0 Å². The van der Waals surface area contributed by atoms with Gasteiger partial charge >= 0.3 is 0 Å². The van der Waals surface area contributed by atoms with Crippen LogP contribution in [0.1, 0.15) is 18.4 Å². The van der Waals surface area contributed by atoms with E-state index in [0.29, 0.717) is 22.8 Å². The third kappa shape index (κ3) is 2.97. The van der Waals surface area contributed by atoms with E-state index in [1.807, 2.05) is 40.6 Å². The van der Waals surface area contributed by atoms with Crippen LogP contribution in [-0.4, -0.2) is 26.4 Å². The molecule has 0 spiro atoms. The zero-order valence-electron chi connectivity index (χ0n) is 13.1. The predicted octanol–water partition coefficient (Wildman–Crippen LogP) is 2.65. The third-order valence-corrected chi connectivity index (χ3v) is 5.08. The number of aromatic nitrogens is 2. The number of fused-ring (bicyclic) bond motifs is 1. The lowest BCUT2D eigenvalue weighted by atomic mass is 10.2. The van der Waals surface area contributed by atoms with Gasteiger partial charge in [-0.2, -0.15) is 0 Å². The highest BCUT2D eigenvalue weighted by atomic mass is 32.1. The Kier molecular flexibility index (Phi) is 3.90. The largest absolute Gasteiger partial charge is 0.334 e. The van der Waals surface area contributed by atoms with Crippen molar-refractivity contribution in [2.75, 3.05) is 0 Å². The number of carbonyl (C=O) groups excluding carboxylic acids is 1. The maximum absolute atomic E-state index is 12.8. The van der Waals surface area contributed by atoms with Gasteiger partial charge in [0.15, 0.2) is 0 Å². The summed E-state index contributed by atoms with van der Waals surface area (Å²) in [5, 5.41) is 2.42. The summed E-state index contributed by atoms with van der Waals surface area (Å²) in [4.78, 5) is 32.1. The molecule has 1 aliphatic rings.